The molecule has 1 aliphatic heterocycles. The molecular formula is C28H27N3O4. The molecule has 4 aromatic rings. The highest BCUT2D eigenvalue weighted by atomic mass is 16.5. The third-order valence-corrected chi connectivity index (χ3v) is 6.13. The van der Waals surface area contributed by atoms with Crippen LogP contribution in [0.5, 0.6) is 11.8 Å². The average molecular weight is 470 g/mol. The Bertz CT molecular complexity index is 1340. The van der Waals surface area contributed by atoms with Crippen molar-refractivity contribution in [1.82, 2.24) is 14.9 Å². The first kappa shape index (κ1) is 22.8. The number of benzene rings is 3. The molecule has 7 nitrogen and oxygen atoms in total. The molecule has 7 heteroatoms. The maximum atomic E-state index is 12.6. The number of rotatable bonds is 7. The van der Waals surface area contributed by atoms with E-state index in [0.717, 1.165) is 40.7 Å². The van der Waals surface area contributed by atoms with Crippen LogP contribution in [0.1, 0.15) is 32.6 Å². The molecule has 0 amide bonds. The van der Waals surface area contributed by atoms with Crippen molar-refractivity contribution >= 4 is 17.0 Å². The summed E-state index contributed by atoms with van der Waals surface area (Å²) in [6.07, 6.45) is 0.754. The van der Waals surface area contributed by atoms with Crippen LogP contribution in [-0.4, -0.2) is 41.5 Å². The lowest BCUT2D eigenvalue weighted by atomic mass is 9.93. The van der Waals surface area contributed by atoms with Crippen LogP contribution in [0, 0.1) is 0 Å². The lowest BCUT2D eigenvalue weighted by Crippen LogP contribution is -2.29. The van der Waals surface area contributed by atoms with E-state index in [9.17, 15) is 4.79 Å². The zero-order valence-electron chi connectivity index (χ0n) is 19.9. The fraction of sp³-hybridized carbons (Fsp3) is 0.250. The van der Waals surface area contributed by atoms with Crippen molar-refractivity contribution in [2.24, 2.45) is 0 Å². The summed E-state index contributed by atoms with van der Waals surface area (Å²) in [4.78, 5) is 24.5. The molecule has 0 atom stereocenters. The summed E-state index contributed by atoms with van der Waals surface area (Å²) in [5.41, 5.74) is 5.80. The molecule has 35 heavy (non-hydrogen) atoms. The van der Waals surface area contributed by atoms with Gasteiger partial charge < -0.3 is 19.1 Å². The predicted molar refractivity (Wildman–Crippen MR) is 132 cm³/mol. The molecular weight excluding hydrogens is 442 g/mol. The summed E-state index contributed by atoms with van der Waals surface area (Å²) in [7, 11) is 3.43. The number of hydrogen-bond acceptors (Lipinski definition) is 7. The van der Waals surface area contributed by atoms with Crippen LogP contribution in [0.3, 0.4) is 0 Å². The SMILES string of the molecule is COC(=O)c1cc2nc(OCc3ccccc3)c(OCc3ccccc3)nc2c2c1CN(C)CC2. The second-order valence-corrected chi connectivity index (χ2v) is 8.61. The van der Waals surface area contributed by atoms with Crippen molar-refractivity contribution in [3.05, 3.63) is 94.5 Å². The summed E-state index contributed by atoms with van der Waals surface area (Å²) < 4.78 is 17.3. The zero-order valence-corrected chi connectivity index (χ0v) is 19.9. The van der Waals surface area contributed by atoms with Gasteiger partial charge in [0.1, 0.15) is 13.2 Å². The van der Waals surface area contributed by atoms with Gasteiger partial charge in [0.25, 0.3) is 11.8 Å². The number of esters is 1. The van der Waals surface area contributed by atoms with Crippen molar-refractivity contribution < 1.29 is 19.0 Å². The first-order chi connectivity index (χ1) is 17.1. The Kier molecular flexibility index (Phi) is 6.59. The van der Waals surface area contributed by atoms with Crippen molar-refractivity contribution in [2.45, 2.75) is 26.2 Å². The molecule has 3 aromatic carbocycles. The van der Waals surface area contributed by atoms with Gasteiger partial charge in [0.15, 0.2) is 0 Å². The summed E-state index contributed by atoms with van der Waals surface area (Å²) in [6, 6.07) is 21.5. The van der Waals surface area contributed by atoms with Crippen LogP contribution in [0.15, 0.2) is 66.7 Å². The van der Waals surface area contributed by atoms with E-state index in [1.165, 1.54) is 7.11 Å². The van der Waals surface area contributed by atoms with Crippen LogP contribution < -0.4 is 9.47 Å². The smallest absolute Gasteiger partial charge is 0.338 e. The second-order valence-electron chi connectivity index (χ2n) is 8.61. The number of likely N-dealkylation sites (N-methyl/N-ethyl adjacent to an activating group) is 1. The van der Waals surface area contributed by atoms with E-state index >= 15 is 0 Å². The predicted octanol–water partition coefficient (Wildman–Crippen LogP) is 4.56. The van der Waals surface area contributed by atoms with E-state index in [1.54, 1.807) is 6.07 Å². The molecule has 0 bridgehead atoms. The summed E-state index contributed by atoms with van der Waals surface area (Å²) in [5.74, 6) is 0.251. The quantitative estimate of drug-likeness (QED) is 0.367. The third kappa shape index (κ3) is 4.95. The van der Waals surface area contributed by atoms with Crippen molar-refractivity contribution in [1.29, 1.82) is 0 Å². The number of carbonyl (C=O) groups excluding carboxylic acids is 1. The van der Waals surface area contributed by atoms with E-state index in [0.29, 0.717) is 42.6 Å². The number of aromatic nitrogens is 2. The Morgan fingerprint density at radius 2 is 1.49 bits per heavy atom. The fourth-order valence-electron chi connectivity index (χ4n) is 4.30. The third-order valence-electron chi connectivity index (χ3n) is 6.13. The van der Waals surface area contributed by atoms with Crippen LogP contribution in [0.2, 0.25) is 0 Å². The number of nitrogens with zero attached hydrogens (tertiary/aromatic N) is 3. The number of methoxy groups -OCH3 is 1. The highest BCUT2D eigenvalue weighted by Crippen LogP contribution is 2.34. The Balaban J connectivity index is 1.59. The molecule has 2 heterocycles. The fourth-order valence-corrected chi connectivity index (χ4v) is 4.30. The molecule has 0 fully saturated rings. The summed E-state index contributed by atoms with van der Waals surface area (Å²) in [6.45, 7) is 2.17. The van der Waals surface area contributed by atoms with Gasteiger partial charge in [0.05, 0.1) is 23.7 Å². The first-order valence-electron chi connectivity index (χ1n) is 11.6. The van der Waals surface area contributed by atoms with E-state index < -0.39 is 0 Å². The lowest BCUT2D eigenvalue weighted by Gasteiger charge is -2.27. The minimum Gasteiger partial charge on any atom is -0.469 e. The highest BCUT2D eigenvalue weighted by Gasteiger charge is 2.26. The molecule has 0 saturated heterocycles. The van der Waals surface area contributed by atoms with Crippen LogP contribution in [0.25, 0.3) is 11.0 Å². The summed E-state index contributed by atoms with van der Waals surface area (Å²) in [5, 5.41) is 0. The van der Waals surface area contributed by atoms with Gasteiger partial charge >= 0.3 is 5.97 Å². The monoisotopic (exact) mass is 469 g/mol. The van der Waals surface area contributed by atoms with Crippen molar-refractivity contribution in [2.75, 3.05) is 20.7 Å². The van der Waals surface area contributed by atoms with Gasteiger partial charge in [0.2, 0.25) is 0 Å². The Morgan fingerprint density at radius 1 is 0.886 bits per heavy atom. The average Bonchev–Trinajstić information content (AvgIpc) is 2.90. The Morgan fingerprint density at radius 3 is 2.09 bits per heavy atom. The molecule has 0 aliphatic carbocycles. The molecule has 0 spiro atoms. The molecule has 0 radical (unpaired) electrons. The topological polar surface area (TPSA) is 73.8 Å². The van der Waals surface area contributed by atoms with Crippen molar-refractivity contribution in [3.8, 4) is 11.8 Å². The van der Waals surface area contributed by atoms with Gasteiger partial charge in [0, 0.05) is 13.1 Å². The lowest BCUT2D eigenvalue weighted by molar-refractivity contribution is 0.0598. The zero-order chi connectivity index (χ0) is 24.2. The van der Waals surface area contributed by atoms with Gasteiger partial charge in [-0.2, -0.15) is 0 Å². The Labute approximate surface area is 204 Å². The highest BCUT2D eigenvalue weighted by molar-refractivity contribution is 5.97. The minimum atomic E-state index is -0.378. The molecule has 5 rings (SSSR count). The maximum Gasteiger partial charge on any atom is 0.338 e. The van der Waals surface area contributed by atoms with E-state index in [4.69, 9.17) is 24.2 Å². The first-order valence-corrected chi connectivity index (χ1v) is 11.6. The molecule has 1 aliphatic rings. The molecule has 0 saturated carbocycles. The van der Waals surface area contributed by atoms with Crippen molar-refractivity contribution in [3.63, 3.8) is 0 Å². The normalized spacial score (nSPS) is 13.3. The summed E-state index contributed by atoms with van der Waals surface area (Å²) >= 11 is 0. The number of ether oxygens (including phenoxy) is 3. The standard InChI is InChI=1S/C28H27N3O4/c1-31-14-13-21-23(16-31)22(28(32)33-2)15-24-25(21)30-27(35-18-20-11-7-4-8-12-20)26(29-24)34-17-19-9-5-3-6-10-19/h3-12,15H,13-14,16-18H2,1-2H3. The largest absolute Gasteiger partial charge is 0.469 e. The number of fused-ring (bicyclic) bond motifs is 3. The van der Waals surface area contributed by atoms with Crippen LogP contribution in [0.4, 0.5) is 0 Å². The Hall–Kier alpha value is -3.97. The van der Waals surface area contributed by atoms with E-state index in [1.807, 2.05) is 67.7 Å². The van der Waals surface area contributed by atoms with Crippen LogP contribution in [-0.2, 0) is 30.9 Å². The van der Waals surface area contributed by atoms with Gasteiger partial charge in [-0.1, -0.05) is 60.7 Å². The van der Waals surface area contributed by atoms with Crippen LogP contribution >= 0.6 is 0 Å². The number of hydrogen-bond donors (Lipinski definition) is 0. The maximum absolute atomic E-state index is 12.6. The van der Waals surface area contributed by atoms with E-state index in [2.05, 4.69) is 4.90 Å². The van der Waals surface area contributed by atoms with Gasteiger partial charge in [-0.05, 0) is 41.8 Å². The van der Waals surface area contributed by atoms with E-state index in [-0.39, 0.29) is 5.97 Å². The second kappa shape index (κ2) is 10.1. The molecule has 178 valence electrons. The van der Waals surface area contributed by atoms with Gasteiger partial charge in [-0.15, -0.1) is 0 Å². The van der Waals surface area contributed by atoms with Gasteiger partial charge in [-0.25, -0.2) is 14.8 Å². The number of carbonyl (C=O) groups is 1. The minimum absolute atomic E-state index is 0.293. The molecule has 0 unspecified atom stereocenters. The molecule has 1 aromatic heterocycles. The molecule has 0 N–H and O–H groups in total. The van der Waals surface area contributed by atoms with Gasteiger partial charge in [-0.3, -0.25) is 0 Å².